The largest absolute Gasteiger partial charge is 0.378 e. The molecule has 1 atom stereocenters. The van der Waals surface area contributed by atoms with Crippen molar-refractivity contribution in [2.24, 2.45) is 0 Å². The van der Waals surface area contributed by atoms with Crippen molar-refractivity contribution in [3.05, 3.63) is 45.5 Å². The summed E-state index contributed by atoms with van der Waals surface area (Å²) in [5.74, 6) is 6.78. The van der Waals surface area contributed by atoms with Crippen molar-refractivity contribution in [3.63, 3.8) is 0 Å². The number of rotatable bonds is 3. The molecule has 3 heterocycles. The van der Waals surface area contributed by atoms with Crippen LogP contribution in [0.25, 0.3) is 10.7 Å². The molecule has 0 aliphatic carbocycles. The van der Waals surface area contributed by atoms with Gasteiger partial charge >= 0.3 is 0 Å². The van der Waals surface area contributed by atoms with Crippen LogP contribution in [0, 0.1) is 18.8 Å². The molecule has 0 bridgehead atoms. The lowest BCUT2D eigenvalue weighted by molar-refractivity contribution is 0.143. The first-order valence-electron chi connectivity index (χ1n) is 7.64. The normalized spacial score (nSPS) is 12.7. The molecule has 3 aromatic heterocycles. The fourth-order valence-corrected chi connectivity index (χ4v) is 3.83. The molecule has 0 unspecified atom stereocenters. The number of thiazole rings is 1. The van der Waals surface area contributed by atoms with Crippen LogP contribution in [0.4, 0.5) is 0 Å². The Bertz CT molecular complexity index is 902. The average molecular weight is 358 g/mol. The molecule has 0 aliphatic rings. The van der Waals surface area contributed by atoms with E-state index in [4.69, 9.17) is 0 Å². The summed E-state index contributed by atoms with van der Waals surface area (Å²) in [6, 6.07) is 4.12. The minimum Gasteiger partial charge on any atom is -0.378 e. The van der Waals surface area contributed by atoms with Gasteiger partial charge in [0.1, 0.15) is 5.60 Å². The summed E-state index contributed by atoms with van der Waals surface area (Å²) in [5.41, 5.74) is 0.0648. The maximum Gasteiger partial charge on any atom is 0.150 e. The fourth-order valence-electron chi connectivity index (χ4n) is 2.27. The maximum atomic E-state index is 9.72. The molecule has 24 heavy (non-hydrogen) atoms. The van der Waals surface area contributed by atoms with E-state index in [2.05, 4.69) is 38.7 Å². The minimum atomic E-state index is -0.986. The van der Waals surface area contributed by atoms with Gasteiger partial charge in [-0.2, -0.15) is 0 Å². The Morgan fingerprint density at radius 2 is 2.12 bits per heavy atom. The fraction of sp³-hybridized carbons (Fsp3) is 0.333. The Hall–Kier alpha value is -1.94. The van der Waals surface area contributed by atoms with Gasteiger partial charge in [0.2, 0.25) is 0 Å². The van der Waals surface area contributed by atoms with Crippen LogP contribution >= 0.6 is 22.7 Å². The monoisotopic (exact) mass is 357 g/mol. The number of imidazole rings is 1. The third-order valence-corrected chi connectivity index (χ3v) is 5.26. The van der Waals surface area contributed by atoms with Gasteiger partial charge in [0, 0.05) is 17.8 Å². The highest BCUT2D eigenvalue weighted by molar-refractivity contribution is 7.15. The molecule has 6 heteroatoms. The first-order valence-corrected chi connectivity index (χ1v) is 9.34. The van der Waals surface area contributed by atoms with E-state index >= 15 is 0 Å². The molecular weight excluding hydrogens is 338 g/mol. The number of hydrogen-bond acceptors (Lipinski definition) is 5. The van der Waals surface area contributed by atoms with Crippen LogP contribution in [-0.4, -0.2) is 25.2 Å². The molecule has 3 rings (SSSR count). The van der Waals surface area contributed by atoms with Gasteiger partial charge in [-0.3, -0.25) is 0 Å². The van der Waals surface area contributed by atoms with Crippen molar-refractivity contribution < 1.29 is 5.11 Å². The lowest BCUT2D eigenvalue weighted by Gasteiger charge is -2.13. The summed E-state index contributed by atoms with van der Waals surface area (Å²) in [5, 5.41) is 12.9. The van der Waals surface area contributed by atoms with Gasteiger partial charge < -0.3 is 9.67 Å². The van der Waals surface area contributed by atoms with Crippen molar-refractivity contribution in [3.8, 4) is 22.5 Å². The van der Waals surface area contributed by atoms with Gasteiger partial charge in [0.05, 0.1) is 26.5 Å². The van der Waals surface area contributed by atoms with E-state index in [0.717, 1.165) is 26.3 Å². The summed E-state index contributed by atoms with van der Waals surface area (Å²) < 4.78 is 2.13. The predicted octanol–water partition coefficient (Wildman–Crippen LogP) is 4.11. The van der Waals surface area contributed by atoms with Crippen LogP contribution in [0.5, 0.6) is 0 Å². The zero-order chi connectivity index (χ0) is 17.3. The molecule has 3 aromatic rings. The Labute approximate surface area is 149 Å². The summed E-state index contributed by atoms with van der Waals surface area (Å²) in [6.45, 7) is 7.50. The topological polar surface area (TPSA) is 50.9 Å². The number of thiophene rings is 1. The van der Waals surface area contributed by atoms with Crippen LogP contribution in [0.1, 0.15) is 42.4 Å². The SMILES string of the molecule is Cc1nc([C@@H](C)n2ccnc2-c2ccc(C#CC(C)(C)O)s2)cs1. The van der Waals surface area contributed by atoms with Crippen molar-refractivity contribution in [2.45, 2.75) is 39.3 Å². The van der Waals surface area contributed by atoms with Gasteiger partial charge in [-0.1, -0.05) is 11.8 Å². The second kappa shape index (κ2) is 6.52. The average Bonchev–Trinajstić information content (AvgIpc) is 3.23. The molecule has 0 aromatic carbocycles. The van der Waals surface area contributed by atoms with Gasteiger partial charge in [-0.15, -0.1) is 22.7 Å². The quantitative estimate of drug-likeness (QED) is 0.718. The number of aryl methyl sites for hydroxylation is 1. The molecule has 4 nitrogen and oxygen atoms in total. The van der Waals surface area contributed by atoms with Crippen LogP contribution < -0.4 is 0 Å². The van der Waals surface area contributed by atoms with E-state index in [-0.39, 0.29) is 6.04 Å². The first-order chi connectivity index (χ1) is 11.3. The molecule has 0 spiro atoms. The Morgan fingerprint density at radius 3 is 2.79 bits per heavy atom. The molecule has 1 N–H and O–H groups in total. The molecule has 0 fully saturated rings. The van der Waals surface area contributed by atoms with Crippen LogP contribution in [0.15, 0.2) is 29.9 Å². The molecule has 124 valence electrons. The number of nitrogens with zero attached hydrogens (tertiary/aromatic N) is 3. The molecule has 0 radical (unpaired) electrons. The minimum absolute atomic E-state index is 0.125. The van der Waals surface area contributed by atoms with Gasteiger partial charge in [-0.05, 0) is 39.8 Å². The van der Waals surface area contributed by atoms with E-state index in [1.807, 2.05) is 31.5 Å². The summed E-state index contributed by atoms with van der Waals surface area (Å²) in [7, 11) is 0. The van der Waals surface area contributed by atoms with Crippen molar-refractivity contribution in [2.75, 3.05) is 0 Å². The highest BCUT2D eigenvalue weighted by Crippen LogP contribution is 2.30. The number of aromatic nitrogens is 3. The van der Waals surface area contributed by atoms with E-state index in [1.165, 1.54) is 0 Å². The Kier molecular flexibility index (Phi) is 4.59. The van der Waals surface area contributed by atoms with Crippen molar-refractivity contribution in [1.29, 1.82) is 0 Å². The molecular formula is C18H19N3OS2. The van der Waals surface area contributed by atoms with Crippen molar-refractivity contribution >= 4 is 22.7 Å². The van der Waals surface area contributed by atoms with Gasteiger partial charge in [0.15, 0.2) is 5.82 Å². The lowest BCUT2D eigenvalue weighted by atomic mass is 10.1. The van der Waals surface area contributed by atoms with E-state index in [1.54, 1.807) is 36.5 Å². The van der Waals surface area contributed by atoms with E-state index in [0.29, 0.717) is 0 Å². The molecule has 0 amide bonds. The van der Waals surface area contributed by atoms with Crippen LogP contribution in [0.3, 0.4) is 0 Å². The zero-order valence-corrected chi connectivity index (χ0v) is 15.7. The Morgan fingerprint density at radius 1 is 1.33 bits per heavy atom. The molecule has 0 saturated carbocycles. The second-order valence-electron chi connectivity index (χ2n) is 6.10. The number of hydrogen-bond donors (Lipinski definition) is 1. The Balaban J connectivity index is 1.90. The summed E-state index contributed by atoms with van der Waals surface area (Å²) in [6.07, 6.45) is 3.80. The predicted molar refractivity (Wildman–Crippen MR) is 99.4 cm³/mol. The van der Waals surface area contributed by atoms with Gasteiger partial charge in [-0.25, -0.2) is 9.97 Å². The lowest BCUT2D eigenvalue weighted by Crippen LogP contribution is -2.14. The van der Waals surface area contributed by atoms with Crippen LogP contribution in [0.2, 0.25) is 0 Å². The van der Waals surface area contributed by atoms with E-state index < -0.39 is 5.60 Å². The highest BCUT2D eigenvalue weighted by Gasteiger charge is 2.17. The second-order valence-corrected chi connectivity index (χ2v) is 8.24. The first kappa shape index (κ1) is 16.9. The summed E-state index contributed by atoms with van der Waals surface area (Å²) >= 11 is 3.24. The molecule has 0 saturated heterocycles. The summed E-state index contributed by atoms with van der Waals surface area (Å²) in [4.78, 5) is 11.1. The standard InChI is InChI=1S/C18H19N3OS2/c1-12(15-11-23-13(2)20-15)21-10-9-19-17(21)16-6-5-14(24-16)7-8-18(3,4)22/h5-6,9-12,22H,1-4H3/t12-/m1/s1. The third kappa shape index (κ3) is 3.75. The zero-order valence-electron chi connectivity index (χ0n) is 14.1. The van der Waals surface area contributed by atoms with Crippen LogP contribution in [-0.2, 0) is 0 Å². The maximum absolute atomic E-state index is 9.72. The third-order valence-electron chi connectivity index (χ3n) is 3.47. The highest BCUT2D eigenvalue weighted by atomic mass is 32.1. The van der Waals surface area contributed by atoms with Gasteiger partial charge in [0.25, 0.3) is 0 Å². The number of aliphatic hydroxyl groups is 1. The van der Waals surface area contributed by atoms with Crippen molar-refractivity contribution in [1.82, 2.24) is 14.5 Å². The smallest absolute Gasteiger partial charge is 0.150 e. The molecule has 0 aliphatic heterocycles. The van der Waals surface area contributed by atoms with E-state index in [9.17, 15) is 5.11 Å².